The fraction of sp³-hybridized carbons (Fsp3) is 0.871. The highest BCUT2D eigenvalue weighted by molar-refractivity contribution is 7.47. The average Bonchev–Trinajstić information content (AvgIpc) is 3.00. The number of ether oxygens (including phenoxy) is 2. The molecule has 264 valence electrons. The van der Waals surface area contributed by atoms with Crippen molar-refractivity contribution in [1.82, 2.24) is 0 Å². The topological polar surface area (TPSA) is 210 Å². The molecule has 1 rings (SSSR count). The fourth-order valence-corrected chi connectivity index (χ4v) is 5.92. The molecule has 0 aromatic rings. The van der Waals surface area contributed by atoms with Crippen LogP contribution in [0.15, 0.2) is 12.2 Å². The Morgan fingerprint density at radius 1 is 0.711 bits per heavy atom. The molecular weight excluding hydrogens is 611 g/mol. The molecule has 6 atom stereocenters. The summed E-state index contributed by atoms with van der Waals surface area (Å²) in [5.74, 6) is -1.30. The van der Waals surface area contributed by atoms with E-state index in [1.807, 2.05) is 0 Å². The first kappa shape index (κ1) is 41.6. The average molecular weight is 669 g/mol. The van der Waals surface area contributed by atoms with Crippen LogP contribution in [0.25, 0.3) is 0 Å². The highest BCUT2D eigenvalue weighted by Crippen LogP contribution is 2.47. The number of carbonyl (C=O) groups is 2. The van der Waals surface area contributed by atoms with E-state index < -0.39 is 75.7 Å². The Balaban J connectivity index is 2.29. The van der Waals surface area contributed by atoms with Gasteiger partial charge in [-0.3, -0.25) is 18.6 Å². The molecule has 1 aliphatic carbocycles. The summed E-state index contributed by atoms with van der Waals surface area (Å²) in [6.45, 7) is 2.15. The number of esters is 2. The molecule has 0 amide bonds. The van der Waals surface area contributed by atoms with E-state index in [1.54, 1.807) is 0 Å². The van der Waals surface area contributed by atoms with Gasteiger partial charge in [0.2, 0.25) is 0 Å². The number of rotatable bonds is 25. The fourth-order valence-electron chi connectivity index (χ4n) is 4.95. The predicted octanol–water partition coefficient (Wildman–Crippen LogP) is 3.60. The lowest BCUT2D eigenvalue weighted by Gasteiger charge is -2.41. The van der Waals surface area contributed by atoms with Crippen LogP contribution in [-0.2, 0) is 32.7 Å². The molecule has 0 saturated heterocycles. The number of hydrogen-bond donors (Lipinski definition) is 6. The molecule has 0 spiro atoms. The highest BCUT2D eigenvalue weighted by Gasteiger charge is 2.51. The zero-order chi connectivity index (χ0) is 33.7. The minimum Gasteiger partial charge on any atom is -0.462 e. The molecule has 6 unspecified atom stereocenters. The van der Waals surface area contributed by atoms with Crippen LogP contribution < -0.4 is 0 Å². The second-order valence-electron chi connectivity index (χ2n) is 11.7. The minimum atomic E-state index is -5.07. The third-order valence-electron chi connectivity index (χ3n) is 7.66. The first-order valence-electron chi connectivity index (χ1n) is 16.4. The van der Waals surface area contributed by atoms with Crippen molar-refractivity contribution in [2.75, 3.05) is 13.2 Å². The largest absolute Gasteiger partial charge is 0.472 e. The van der Waals surface area contributed by atoms with Gasteiger partial charge in [-0.15, -0.1) is 0 Å². The Morgan fingerprint density at radius 2 is 1.18 bits per heavy atom. The minimum absolute atomic E-state index is 0.0891. The number of phosphoric ester groups is 1. The van der Waals surface area contributed by atoms with Gasteiger partial charge in [0.05, 0.1) is 6.61 Å². The molecule has 1 aliphatic rings. The summed E-state index contributed by atoms with van der Waals surface area (Å²) in [6, 6.07) is 0. The molecule has 0 bridgehead atoms. The van der Waals surface area contributed by atoms with E-state index >= 15 is 0 Å². The van der Waals surface area contributed by atoms with E-state index in [4.69, 9.17) is 18.5 Å². The van der Waals surface area contributed by atoms with Crippen LogP contribution >= 0.6 is 7.82 Å². The molecule has 14 heteroatoms. The number of phosphoric acid groups is 1. The van der Waals surface area contributed by atoms with Gasteiger partial charge in [-0.25, -0.2) is 4.57 Å². The van der Waals surface area contributed by atoms with Crippen LogP contribution in [0, 0.1) is 0 Å². The van der Waals surface area contributed by atoms with Gasteiger partial charge in [0.15, 0.2) is 6.10 Å². The van der Waals surface area contributed by atoms with Gasteiger partial charge >= 0.3 is 19.8 Å². The SMILES string of the molecule is CCCCCCCC/C=C\CCCCCCCCCC(=O)OC(COC(C)=O)COP(=O)(O)OC1C(O)C(O)C(O)C(O)C1O. The maximum atomic E-state index is 12.5. The normalized spacial score (nSPS) is 25.6. The van der Waals surface area contributed by atoms with Crippen LogP contribution in [0.1, 0.15) is 117 Å². The Bertz CT molecular complexity index is 870. The Morgan fingerprint density at radius 3 is 1.69 bits per heavy atom. The van der Waals surface area contributed by atoms with Crippen LogP contribution in [0.2, 0.25) is 0 Å². The molecule has 0 radical (unpaired) electrons. The number of carbonyl (C=O) groups excluding carboxylic acids is 2. The predicted molar refractivity (Wildman–Crippen MR) is 166 cm³/mol. The molecule has 1 fully saturated rings. The van der Waals surface area contributed by atoms with Crippen molar-refractivity contribution < 1.29 is 63.1 Å². The number of aliphatic hydroxyl groups is 5. The summed E-state index contributed by atoms with van der Waals surface area (Å²) in [5, 5.41) is 49.2. The third-order valence-corrected chi connectivity index (χ3v) is 8.65. The van der Waals surface area contributed by atoms with E-state index in [9.17, 15) is 44.6 Å². The molecule has 13 nitrogen and oxygen atoms in total. The van der Waals surface area contributed by atoms with Crippen molar-refractivity contribution in [1.29, 1.82) is 0 Å². The lowest BCUT2D eigenvalue weighted by molar-refractivity contribution is -0.220. The first-order chi connectivity index (χ1) is 21.4. The Hall–Kier alpha value is -1.41. The van der Waals surface area contributed by atoms with Gasteiger partial charge in [0.25, 0.3) is 0 Å². The van der Waals surface area contributed by atoms with Crippen molar-refractivity contribution in [2.45, 2.75) is 159 Å². The lowest BCUT2D eigenvalue weighted by Crippen LogP contribution is -2.64. The monoisotopic (exact) mass is 668 g/mol. The van der Waals surface area contributed by atoms with E-state index in [0.29, 0.717) is 6.42 Å². The summed E-state index contributed by atoms with van der Waals surface area (Å²) in [6.07, 6.45) is 8.63. The highest BCUT2D eigenvalue weighted by atomic mass is 31.2. The maximum Gasteiger partial charge on any atom is 0.472 e. The van der Waals surface area contributed by atoms with Crippen molar-refractivity contribution in [3.8, 4) is 0 Å². The van der Waals surface area contributed by atoms with Gasteiger partial charge in [-0.1, -0.05) is 83.3 Å². The lowest BCUT2D eigenvalue weighted by atomic mass is 9.85. The number of aliphatic hydroxyl groups excluding tert-OH is 5. The van der Waals surface area contributed by atoms with Crippen molar-refractivity contribution >= 4 is 19.8 Å². The quantitative estimate of drug-likeness (QED) is 0.0356. The van der Waals surface area contributed by atoms with Gasteiger partial charge in [0, 0.05) is 13.3 Å². The summed E-state index contributed by atoms with van der Waals surface area (Å²) >= 11 is 0. The van der Waals surface area contributed by atoms with E-state index in [-0.39, 0.29) is 6.42 Å². The Labute approximate surface area is 267 Å². The van der Waals surface area contributed by atoms with Gasteiger partial charge in [-0.2, -0.15) is 0 Å². The van der Waals surface area contributed by atoms with Gasteiger partial charge in [0.1, 0.15) is 43.2 Å². The number of hydrogen-bond acceptors (Lipinski definition) is 12. The molecule has 0 aromatic heterocycles. The summed E-state index contributed by atoms with van der Waals surface area (Å²) in [5.41, 5.74) is 0. The second kappa shape index (κ2) is 23.8. The van der Waals surface area contributed by atoms with Gasteiger partial charge in [-0.05, 0) is 32.1 Å². The number of unbranched alkanes of at least 4 members (excludes halogenated alkanes) is 13. The number of allylic oxidation sites excluding steroid dienone is 2. The van der Waals surface area contributed by atoms with Crippen LogP contribution in [0.4, 0.5) is 0 Å². The summed E-state index contributed by atoms with van der Waals surface area (Å²) in [4.78, 5) is 33.7. The van der Waals surface area contributed by atoms with E-state index in [2.05, 4.69) is 19.1 Å². The molecule has 1 saturated carbocycles. The van der Waals surface area contributed by atoms with Crippen molar-refractivity contribution in [3.05, 3.63) is 12.2 Å². The van der Waals surface area contributed by atoms with Crippen LogP contribution in [-0.4, -0.2) is 98.3 Å². The molecule has 0 aliphatic heterocycles. The van der Waals surface area contributed by atoms with Crippen molar-refractivity contribution in [3.63, 3.8) is 0 Å². The molecule has 0 heterocycles. The molecule has 6 N–H and O–H groups in total. The molecule has 45 heavy (non-hydrogen) atoms. The standard InChI is InChI=1S/C31H57O13P/c1-3-4-5-6-7-8-9-10-11-12-13-14-15-16-17-18-19-20-25(33)43-24(21-41-23(2)32)22-42-45(39,40)44-31-29(37)27(35)26(34)28(36)30(31)38/h10-11,24,26-31,34-38H,3-9,12-22H2,1-2H3,(H,39,40)/b11-10-. The molecule has 0 aromatic carbocycles. The zero-order valence-corrected chi connectivity index (χ0v) is 27.8. The zero-order valence-electron chi connectivity index (χ0n) is 26.9. The Kier molecular flexibility index (Phi) is 22.0. The smallest absolute Gasteiger partial charge is 0.462 e. The summed E-state index contributed by atoms with van der Waals surface area (Å²) < 4.78 is 32.1. The van der Waals surface area contributed by atoms with Gasteiger partial charge < -0.3 is 39.9 Å². The first-order valence-corrected chi connectivity index (χ1v) is 17.9. The van der Waals surface area contributed by atoms with E-state index in [1.165, 1.54) is 57.8 Å². The third kappa shape index (κ3) is 18.5. The second-order valence-corrected chi connectivity index (χ2v) is 13.1. The molecular formula is C31H57O13P. The maximum absolute atomic E-state index is 12.5. The van der Waals surface area contributed by atoms with Crippen molar-refractivity contribution in [2.24, 2.45) is 0 Å². The van der Waals surface area contributed by atoms with Crippen LogP contribution in [0.5, 0.6) is 0 Å². The summed E-state index contributed by atoms with van der Waals surface area (Å²) in [7, 11) is -5.07. The van der Waals surface area contributed by atoms with Crippen LogP contribution in [0.3, 0.4) is 0 Å². The van der Waals surface area contributed by atoms with E-state index in [0.717, 1.165) is 39.0 Å².